The maximum Gasteiger partial charge on any atom is 0.133 e. The third-order valence-electron chi connectivity index (χ3n) is 3.05. The van der Waals surface area contributed by atoms with E-state index in [2.05, 4.69) is 9.97 Å². The molecule has 0 amide bonds. The van der Waals surface area contributed by atoms with E-state index < -0.39 is 0 Å². The van der Waals surface area contributed by atoms with Crippen LogP contribution in [0.15, 0.2) is 18.2 Å². The van der Waals surface area contributed by atoms with Gasteiger partial charge in [-0.15, -0.1) is 0 Å². The Morgan fingerprint density at radius 3 is 2.47 bits per heavy atom. The van der Waals surface area contributed by atoms with Crippen molar-refractivity contribution in [2.45, 2.75) is 33.6 Å². The molecule has 0 saturated carbocycles. The summed E-state index contributed by atoms with van der Waals surface area (Å²) >= 11 is 5.29. The van der Waals surface area contributed by atoms with Gasteiger partial charge in [0.1, 0.15) is 16.3 Å². The summed E-state index contributed by atoms with van der Waals surface area (Å²) in [4.78, 5) is 7.65. The largest absolute Gasteiger partial charge is 0.343 e. The Bertz CT molecular complexity index is 654. The SMILES string of the molecule is Cc1cc(F)cc(-c2[nH]c(C(C)C)nc(=S)c2C)c1. The number of nitrogens with zero attached hydrogens (tertiary/aromatic N) is 1. The lowest BCUT2D eigenvalue weighted by Gasteiger charge is -2.12. The van der Waals surface area contributed by atoms with Crippen molar-refractivity contribution < 1.29 is 4.39 Å². The first-order valence-electron chi connectivity index (χ1n) is 6.27. The Morgan fingerprint density at radius 2 is 1.89 bits per heavy atom. The van der Waals surface area contributed by atoms with Crippen molar-refractivity contribution in [1.29, 1.82) is 0 Å². The molecule has 0 spiro atoms. The molecule has 2 nitrogen and oxygen atoms in total. The summed E-state index contributed by atoms with van der Waals surface area (Å²) < 4.78 is 14.1. The Balaban J connectivity index is 2.70. The van der Waals surface area contributed by atoms with E-state index in [0.717, 1.165) is 28.2 Å². The third kappa shape index (κ3) is 2.89. The van der Waals surface area contributed by atoms with Crippen LogP contribution in [0.1, 0.15) is 36.7 Å². The number of hydrogen-bond donors (Lipinski definition) is 1. The summed E-state index contributed by atoms with van der Waals surface area (Å²) in [5, 5.41) is 0. The molecule has 4 heteroatoms. The van der Waals surface area contributed by atoms with Crippen LogP contribution in [0.2, 0.25) is 0 Å². The zero-order chi connectivity index (χ0) is 14.2. The smallest absolute Gasteiger partial charge is 0.133 e. The average Bonchev–Trinajstić information content (AvgIpc) is 2.30. The molecule has 0 fully saturated rings. The Labute approximate surface area is 117 Å². The quantitative estimate of drug-likeness (QED) is 0.806. The highest BCUT2D eigenvalue weighted by molar-refractivity contribution is 7.71. The summed E-state index contributed by atoms with van der Waals surface area (Å²) in [6.07, 6.45) is 0. The normalized spacial score (nSPS) is 11.1. The second-order valence-electron chi connectivity index (χ2n) is 5.10. The zero-order valence-corrected chi connectivity index (χ0v) is 12.4. The average molecular weight is 276 g/mol. The fourth-order valence-corrected chi connectivity index (χ4v) is 2.19. The summed E-state index contributed by atoms with van der Waals surface area (Å²) in [6.45, 7) is 7.87. The lowest BCUT2D eigenvalue weighted by molar-refractivity contribution is 0.627. The second-order valence-corrected chi connectivity index (χ2v) is 5.49. The van der Waals surface area contributed by atoms with Crippen molar-refractivity contribution in [1.82, 2.24) is 9.97 Å². The molecule has 0 unspecified atom stereocenters. The second kappa shape index (κ2) is 5.21. The van der Waals surface area contributed by atoms with E-state index in [9.17, 15) is 4.39 Å². The highest BCUT2D eigenvalue weighted by atomic mass is 32.1. The van der Waals surface area contributed by atoms with Crippen molar-refractivity contribution in [2.24, 2.45) is 0 Å². The number of H-pyrrole nitrogens is 1. The number of rotatable bonds is 2. The van der Waals surface area contributed by atoms with Crippen LogP contribution in [0.4, 0.5) is 4.39 Å². The molecule has 2 rings (SSSR count). The van der Waals surface area contributed by atoms with E-state index in [1.165, 1.54) is 12.1 Å². The lowest BCUT2D eigenvalue weighted by Crippen LogP contribution is -2.02. The molecule has 1 aromatic carbocycles. The highest BCUT2D eigenvalue weighted by Crippen LogP contribution is 2.25. The summed E-state index contributed by atoms with van der Waals surface area (Å²) in [5.74, 6) is 0.833. The maximum absolute atomic E-state index is 13.5. The fourth-order valence-electron chi connectivity index (χ4n) is 1.99. The standard InChI is InChI=1S/C15H17FN2S/c1-8(2)14-17-13(10(4)15(19)18-14)11-5-9(3)6-12(16)7-11/h5-8H,1-4H3,(H,17,18,19). The van der Waals surface area contributed by atoms with Gasteiger partial charge in [-0.2, -0.15) is 0 Å². The van der Waals surface area contributed by atoms with Gasteiger partial charge in [-0.05, 0) is 37.6 Å². The van der Waals surface area contributed by atoms with Gasteiger partial charge < -0.3 is 4.98 Å². The number of aryl methyl sites for hydroxylation is 1. The minimum atomic E-state index is -0.239. The van der Waals surface area contributed by atoms with Gasteiger partial charge in [-0.25, -0.2) is 9.37 Å². The minimum absolute atomic E-state index is 0.239. The first-order chi connectivity index (χ1) is 8.88. The van der Waals surface area contributed by atoms with Crippen LogP contribution in [-0.2, 0) is 0 Å². The van der Waals surface area contributed by atoms with E-state index in [1.807, 2.05) is 33.8 Å². The first kappa shape index (κ1) is 13.9. The van der Waals surface area contributed by atoms with E-state index in [0.29, 0.717) is 4.64 Å². The van der Waals surface area contributed by atoms with Crippen LogP contribution in [0.5, 0.6) is 0 Å². The minimum Gasteiger partial charge on any atom is -0.343 e. The zero-order valence-electron chi connectivity index (χ0n) is 11.5. The van der Waals surface area contributed by atoms with E-state index in [-0.39, 0.29) is 11.7 Å². The van der Waals surface area contributed by atoms with Crippen molar-refractivity contribution >= 4 is 12.2 Å². The van der Waals surface area contributed by atoms with E-state index in [1.54, 1.807) is 0 Å². The summed E-state index contributed by atoms with van der Waals surface area (Å²) in [5.41, 5.74) is 3.43. The van der Waals surface area contributed by atoms with Crippen molar-refractivity contribution in [3.8, 4) is 11.3 Å². The van der Waals surface area contributed by atoms with Gasteiger partial charge in [0.15, 0.2) is 0 Å². The molecule has 0 bridgehead atoms. The molecule has 19 heavy (non-hydrogen) atoms. The molecule has 0 aliphatic carbocycles. The van der Waals surface area contributed by atoms with Gasteiger partial charge in [0, 0.05) is 17.0 Å². The molecule has 0 saturated heterocycles. The van der Waals surface area contributed by atoms with Gasteiger partial charge in [0.2, 0.25) is 0 Å². The first-order valence-corrected chi connectivity index (χ1v) is 6.67. The van der Waals surface area contributed by atoms with Gasteiger partial charge in [0.25, 0.3) is 0 Å². The van der Waals surface area contributed by atoms with Crippen molar-refractivity contribution in [2.75, 3.05) is 0 Å². The Morgan fingerprint density at radius 1 is 1.21 bits per heavy atom. The molecule has 1 N–H and O–H groups in total. The van der Waals surface area contributed by atoms with Gasteiger partial charge >= 0.3 is 0 Å². The highest BCUT2D eigenvalue weighted by Gasteiger charge is 2.10. The predicted octanol–water partition coefficient (Wildman–Crippen LogP) is 4.69. The van der Waals surface area contributed by atoms with Crippen LogP contribution in [0.3, 0.4) is 0 Å². The Kier molecular flexibility index (Phi) is 3.80. The molecular formula is C15H17FN2S. The molecule has 0 aliphatic heterocycles. The number of aromatic amines is 1. The number of benzene rings is 1. The van der Waals surface area contributed by atoms with E-state index >= 15 is 0 Å². The van der Waals surface area contributed by atoms with Crippen LogP contribution < -0.4 is 0 Å². The molecular weight excluding hydrogens is 259 g/mol. The van der Waals surface area contributed by atoms with Crippen LogP contribution >= 0.6 is 12.2 Å². The van der Waals surface area contributed by atoms with Gasteiger partial charge in [0.05, 0.1) is 5.69 Å². The number of aromatic nitrogens is 2. The Hall–Kier alpha value is -1.55. The third-order valence-corrected chi connectivity index (χ3v) is 3.45. The van der Waals surface area contributed by atoms with Gasteiger partial charge in [-0.1, -0.05) is 26.1 Å². The summed E-state index contributed by atoms with van der Waals surface area (Å²) in [7, 11) is 0. The molecule has 0 aliphatic rings. The number of nitrogens with one attached hydrogen (secondary N) is 1. The van der Waals surface area contributed by atoms with Crippen molar-refractivity contribution in [3.63, 3.8) is 0 Å². The lowest BCUT2D eigenvalue weighted by atomic mass is 10.0. The molecule has 1 aromatic heterocycles. The molecule has 0 atom stereocenters. The van der Waals surface area contributed by atoms with Crippen LogP contribution in [0.25, 0.3) is 11.3 Å². The van der Waals surface area contributed by atoms with Crippen LogP contribution in [-0.4, -0.2) is 9.97 Å². The monoisotopic (exact) mass is 276 g/mol. The van der Waals surface area contributed by atoms with E-state index in [4.69, 9.17) is 12.2 Å². The summed E-state index contributed by atoms with van der Waals surface area (Å²) in [6, 6.07) is 4.98. The number of halogens is 1. The topological polar surface area (TPSA) is 28.7 Å². The van der Waals surface area contributed by atoms with Gasteiger partial charge in [-0.3, -0.25) is 0 Å². The van der Waals surface area contributed by atoms with Crippen LogP contribution in [0, 0.1) is 24.3 Å². The molecule has 100 valence electrons. The molecule has 2 aromatic rings. The predicted molar refractivity (Wildman–Crippen MR) is 78.4 cm³/mol. The number of hydrogen-bond acceptors (Lipinski definition) is 2. The molecule has 0 radical (unpaired) electrons. The fraction of sp³-hybridized carbons (Fsp3) is 0.333. The maximum atomic E-state index is 13.5. The van der Waals surface area contributed by atoms with Crippen molar-refractivity contribution in [3.05, 3.63) is 45.6 Å². The molecule has 1 heterocycles.